The first-order valence-corrected chi connectivity index (χ1v) is 8.71. The van der Waals surface area contributed by atoms with Crippen molar-refractivity contribution in [2.24, 2.45) is 5.92 Å². The second kappa shape index (κ2) is 7.64. The monoisotopic (exact) mass is 318 g/mol. The van der Waals surface area contributed by atoms with Gasteiger partial charge in [-0.15, -0.1) is 0 Å². The van der Waals surface area contributed by atoms with Gasteiger partial charge in [0, 0.05) is 10.8 Å². The van der Waals surface area contributed by atoms with Crippen molar-refractivity contribution in [3.05, 3.63) is 34.9 Å². The summed E-state index contributed by atoms with van der Waals surface area (Å²) in [4.78, 5) is 11.2. The molecule has 0 saturated carbocycles. The normalized spacial score (nSPS) is 13.1. The van der Waals surface area contributed by atoms with Gasteiger partial charge < -0.3 is 5.11 Å². The minimum atomic E-state index is -3.14. The fourth-order valence-corrected chi connectivity index (χ4v) is 3.55. The highest BCUT2D eigenvalue weighted by Gasteiger charge is 2.21. The van der Waals surface area contributed by atoms with Crippen molar-refractivity contribution in [1.29, 1.82) is 0 Å². The molecule has 0 heterocycles. The number of aliphatic carboxylic acids is 1. The van der Waals surface area contributed by atoms with Gasteiger partial charge in [-0.25, -0.2) is 8.42 Å². The summed E-state index contributed by atoms with van der Waals surface area (Å²) in [6.45, 7) is 1.79. The molecule has 0 saturated heterocycles. The number of halogens is 1. The Hall–Kier alpha value is -1.07. The van der Waals surface area contributed by atoms with Crippen molar-refractivity contribution in [2.45, 2.75) is 26.2 Å². The van der Waals surface area contributed by atoms with E-state index in [2.05, 4.69) is 0 Å². The zero-order valence-corrected chi connectivity index (χ0v) is 13.0. The first-order chi connectivity index (χ1) is 9.34. The maximum absolute atomic E-state index is 11.6. The quantitative estimate of drug-likeness (QED) is 0.800. The Balaban J connectivity index is 2.66. The molecule has 0 spiro atoms. The van der Waals surface area contributed by atoms with Crippen LogP contribution in [0, 0.1) is 5.92 Å². The Bertz CT molecular complexity index is 537. The van der Waals surface area contributed by atoms with Crippen LogP contribution < -0.4 is 0 Å². The lowest BCUT2D eigenvalue weighted by Gasteiger charge is -2.12. The molecule has 1 aromatic rings. The third-order valence-electron chi connectivity index (χ3n) is 3.04. The number of hydrogen-bond donors (Lipinski definition) is 1. The zero-order valence-electron chi connectivity index (χ0n) is 11.4. The van der Waals surface area contributed by atoms with Crippen molar-refractivity contribution in [2.75, 3.05) is 11.5 Å². The van der Waals surface area contributed by atoms with Crippen LogP contribution in [-0.2, 0) is 21.1 Å². The van der Waals surface area contributed by atoms with E-state index in [-0.39, 0.29) is 17.9 Å². The molecule has 112 valence electrons. The van der Waals surface area contributed by atoms with Crippen molar-refractivity contribution in [1.82, 2.24) is 0 Å². The molecule has 0 aromatic heterocycles. The number of carbonyl (C=O) groups is 1. The summed E-state index contributed by atoms with van der Waals surface area (Å²) in [5, 5.41) is 9.78. The average molecular weight is 319 g/mol. The van der Waals surface area contributed by atoms with Gasteiger partial charge in [-0.3, -0.25) is 4.79 Å². The summed E-state index contributed by atoms with van der Waals surface area (Å²) in [5.74, 6) is -1.62. The predicted octanol–water partition coefficient (Wildman–Crippen LogP) is 2.80. The van der Waals surface area contributed by atoms with Gasteiger partial charge in [0.25, 0.3) is 0 Å². The fraction of sp³-hybridized carbons (Fsp3) is 0.500. The number of benzene rings is 1. The van der Waals surface area contributed by atoms with Gasteiger partial charge >= 0.3 is 5.97 Å². The van der Waals surface area contributed by atoms with Gasteiger partial charge in [-0.05, 0) is 37.0 Å². The van der Waals surface area contributed by atoms with Crippen LogP contribution in [0.25, 0.3) is 0 Å². The number of carboxylic acids is 1. The summed E-state index contributed by atoms with van der Waals surface area (Å²) in [6.07, 6.45) is 1.01. The van der Waals surface area contributed by atoms with Crippen LogP contribution in [-0.4, -0.2) is 31.0 Å². The highest BCUT2D eigenvalue weighted by atomic mass is 35.5. The van der Waals surface area contributed by atoms with E-state index in [0.717, 1.165) is 5.56 Å². The van der Waals surface area contributed by atoms with Crippen LogP contribution in [0.4, 0.5) is 0 Å². The third kappa shape index (κ3) is 5.92. The fourth-order valence-electron chi connectivity index (χ4n) is 1.95. The highest BCUT2D eigenvalue weighted by molar-refractivity contribution is 7.91. The van der Waals surface area contributed by atoms with E-state index >= 15 is 0 Å². The van der Waals surface area contributed by atoms with Crippen LogP contribution in [0.3, 0.4) is 0 Å². The number of sulfone groups is 1. The van der Waals surface area contributed by atoms with E-state index < -0.39 is 21.7 Å². The number of carboxylic acid groups (broad SMARTS) is 1. The maximum Gasteiger partial charge on any atom is 0.306 e. The molecule has 20 heavy (non-hydrogen) atoms. The molecule has 6 heteroatoms. The largest absolute Gasteiger partial charge is 0.481 e. The summed E-state index contributed by atoms with van der Waals surface area (Å²) in [6, 6.07) is 6.92. The Morgan fingerprint density at radius 1 is 1.25 bits per heavy atom. The van der Waals surface area contributed by atoms with Gasteiger partial charge in [0.15, 0.2) is 0 Å². The third-order valence-corrected chi connectivity index (χ3v) is 5.18. The lowest BCUT2D eigenvalue weighted by Crippen LogP contribution is -2.21. The average Bonchev–Trinajstić information content (AvgIpc) is 2.36. The highest BCUT2D eigenvalue weighted by Crippen LogP contribution is 2.17. The number of hydrogen-bond acceptors (Lipinski definition) is 3. The molecule has 1 atom stereocenters. The van der Waals surface area contributed by atoms with E-state index in [9.17, 15) is 18.3 Å². The van der Waals surface area contributed by atoms with Crippen LogP contribution in [0.1, 0.15) is 25.3 Å². The van der Waals surface area contributed by atoms with E-state index in [1.165, 1.54) is 0 Å². The molecule has 1 N–H and O–H groups in total. The summed E-state index contributed by atoms with van der Waals surface area (Å²) in [7, 11) is -3.14. The van der Waals surface area contributed by atoms with Crippen LogP contribution in [0.15, 0.2) is 24.3 Å². The summed E-state index contributed by atoms with van der Waals surface area (Å²) < 4.78 is 23.3. The molecule has 1 unspecified atom stereocenters. The zero-order chi connectivity index (χ0) is 15.2. The van der Waals surface area contributed by atoms with E-state index in [4.69, 9.17) is 11.6 Å². The molecule has 0 bridgehead atoms. The Labute approximate surface area is 124 Å². The number of rotatable bonds is 8. The first kappa shape index (κ1) is 17.0. The lowest BCUT2D eigenvalue weighted by molar-refractivity contribution is -0.141. The van der Waals surface area contributed by atoms with Gasteiger partial charge in [-0.1, -0.05) is 30.7 Å². The molecule has 0 aliphatic rings. The van der Waals surface area contributed by atoms with Crippen molar-refractivity contribution < 1.29 is 18.3 Å². The van der Waals surface area contributed by atoms with Crippen molar-refractivity contribution in [3.8, 4) is 0 Å². The van der Waals surface area contributed by atoms with Gasteiger partial charge in [0.05, 0.1) is 11.7 Å². The predicted molar refractivity (Wildman–Crippen MR) is 79.8 cm³/mol. The topological polar surface area (TPSA) is 71.4 Å². The second-order valence-electron chi connectivity index (χ2n) is 4.81. The molecule has 0 radical (unpaired) electrons. The van der Waals surface area contributed by atoms with Gasteiger partial charge in [0.1, 0.15) is 9.84 Å². The molecule has 0 fully saturated rings. The molecule has 4 nitrogen and oxygen atoms in total. The van der Waals surface area contributed by atoms with E-state index in [0.29, 0.717) is 17.9 Å². The lowest BCUT2D eigenvalue weighted by atomic mass is 9.97. The standard InChI is InChI=1S/C14H19ClO4S/c1-2-8-20(18,19)9-7-12(14(16)17)10-11-3-5-13(15)6-4-11/h3-6,12H,2,7-10H2,1H3,(H,16,17). The van der Waals surface area contributed by atoms with Crippen LogP contribution in [0.5, 0.6) is 0 Å². The van der Waals surface area contributed by atoms with Crippen LogP contribution >= 0.6 is 11.6 Å². The van der Waals surface area contributed by atoms with Gasteiger partial charge in [0.2, 0.25) is 0 Å². The van der Waals surface area contributed by atoms with Crippen molar-refractivity contribution >= 4 is 27.4 Å². The Morgan fingerprint density at radius 3 is 2.35 bits per heavy atom. The molecule has 0 aliphatic heterocycles. The molecule has 0 amide bonds. The first-order valence-electron chi connectivity index (χ1n) is 6.51. The van der Waals surface area contributed by atoms with Crippen molar-refractivity contribution in [3.63, 3.8) is 0 Å². The smallest absolute Gasteiger partial charge is 0.306 e. The Morgan fingerprint density at radius 2 is 1.85 bits per heavy atom. The molecule has 0 aliphatic carbocycles. The maximum atomic E-state index is 11.6. The minimum Gasteiger partial charge on any atom is -0.481 e. The van der Waals surface area contributed by atoms with E-state index in [1.807, 2.05) is 0 Å². The van der Waals surface area contributed by atoms with Gasteiger partial charge in [-0.2, -0.15) is 0 Å². The summed E-state index contributed by atoms with van der Waals surface area (Å²) in [5.41, 5.74) is 0.842. The Kier molecular flexibility index (Phi) is 6.49. The minimum absolute atomic E-state index is 0.0780. The SMILES string of the molecule is CCCS(=O)(=O)CCC(Cc1ccc(Cl)cc1)C(=O)O. The summed E-state index contributed by atoms with van der Waals surface area (Å²) >= 11 is 5.77. The molecular weight excluding hydrogens is 300 g/mol. The molecule has 1 aromatic carbocycles. The van der Waals surface area contributed by atoms with Crippen LogP contribution in [0.2, 0.25) is 5.02 Å². The second-order valence-corrected chi connectivity index (χ2v) is 7.55. The molecular formula is C14H19ClO4S. The molecule has 1 rings (SSSR count). The van der Waals surface area contributed by atoms with E-state index in [1.54, 1.807) is 31.2 Å².